The van der Waals surface area contributed by atoms with E-state index in [0.717, 1.165) is 0 Å². The number of amides is 1. The van der Waals surface area contributed by atoms with Crippen molar-refractivity contribution in [2.75, 3.05) is 20.8 Å². The second-order valence-corrected chi connectivity index (χ2v) is 7.85. The van der Waals surface area contributed by atoms with Crippen LogP contribution in [0.4, 0.5) is 5.69 Å². The van der Waals surface area contributed by atoms with E-state index in [4.69, 9.17) is 15.2 Å². The van der Waals surface area contributed by atoms with Crippen LogP contribution in [0, 0.1) is 17.0 Å². The van der Waals surface area contributed by atoms with Gasteiger partial charge in [-0.25, -0.2) is 13.1 Å². The van der Waals surface area contributed by atoms with E-state index in [2.05, 4.69) is 4.72 Å². The third-order valence-corrected chi connectivity index (χ3v) is 5.71. The molecule has 0 spiro atoms. The van der Waals surface area contributed by atoms with E-state index in [-0.39, 0.29) is 40.4 Å². The van der Waals surface area contributed by atoms with Crippen LogP contribution in [-0.2, 0) is 16.4 Å². The Morgan fingerprint density at radius 2 is 1.79 bits per heavy atom. The van der Waals surface area contributed by atoms with Crippen LogP contribution in [0.15, 0.2) is 35.2 Å². The van der Waals surface area contributed by atoms with Crippen LogP contribution in [0.3, 0.4) is 0 Å². The van der Waals surface area contributed by atoms with Gasteiger partial charge in [-0.2, -0.15) is 0 Å². The van der Waals surface area contributed by atoms with E-state index in [1.807, 2.05) is 0 Å². The van der Waals surface area contributed by atoms with E-state index in [1.165, 1.54) is 44.6 Å². The zero-order chi connectivity index (χ0) is 21.8. The maximum absolute atomic E-state index is 12.5. The number of nitrogens with one attached hydrogen (secondary N) is 1. The molecule has 0 heterocycles. The van der Waals surface area contributed by atoms with Crippen molar-refractivity contribution < 1.29 is 27.6 Å². The summed E-state index contributed by atoms with van der Waals surface area (Å²) in [6.07, 6.45) is 0.0322. The van der Waals surface area contributed by atoms with Crippen LogP contribution < -0.4 is 19.9 Å². The molecular weight excluding hydrogens is 402 g/mol. The number of nitro groups is 1. The number of aryl methyl sites for hydroxylation is 1. The number of nitrogens with two attached hydrogens (primary N) is 1. The van der Waals surface area contributed by atoms with Gasteiger partial charge in [0.2, 0.25) is 15.9 Å². The number of rotatable bonds is 9. The van der Waals surface area contributed by atoms with Crippen LogP contribution in [-0.4, -0.2) is 40.0 Å². The number of methoxy groups -OCH3 is 2. The second-order valence-electron chi connectivity index (χ2n) is 6.08. The van der Waals surface area contributed by atoms with E-state index >= 15 is 0 Å². The Balaban J connectivity index is 2.24. The summed E-state index contributed by atoms with van der Waals surface area (Å²) in [5.74, 6) is -0.247. The molecule has 0 radical (unpaired) electrons. The molecule has 3 N–H and O–H groups in total. The first-order valence-electron chi connectivity index (χ1n) is 8.40. The Kier molecular flexibility index (Phi) is 6.77. The van der Waals surface area contributed by atoms with Crippen molar-refractivity contribution in [2.24, 2.45) is 5.73 Å². The molecule has 0 unspecified atom stereocenters. The standard InChI is InChI=1S/C18H21N3O7S/c1-11-4-5-13(9-14(11)18(19)22)29(25,26)20-7-6-12-8-16(27-2)17(28-3)10-15(12)21(23)24/h4-5,8-10,20H,6-7H2,1-3H3,(H2,19,22). The van der Waals surface area contributed by atoms with E-state index in [9.17, 15) is 23.3 Å². The molecule has 2 aromatic rings. The van der Waals surface area contributed by atoms with Gasteiger partial charge in [0.25, 0.3) is 5.69 Å². The van der Waals surface area contributed by atoms with Crippen LogP contribution in [0.5, 0.6) is 11.5 Å². The first-order valence-corrected chi connectivity index (χ1v) is 9.88. The Hall–Kier alpha value is -3.18. The highest BCUT2D eigenvalue weighted by Crippen LogP contribution is 2.34. The summed E-state index contributed by atoms with van der Waals surface area (Å²) in [5.41, 5.74) is 5.97. The molecule has 1 amide bonds. The third kappa shape index (κ3) is 5.00. The number of carbonyl (C=O) groups excluding carboxylic acids is 1. The van der Waals surface area contributed by atoms with Crippen molar-refractivity contribution >= 4 is 21.6 Å². The van der Waals surface area contributed by atoms with Gasteiger partial charge in [-0.05, 0) is 37.1 Å². The monoisotopic (exact) mass is 423 g/mol. The van der Waals surface area contributed by atoms with Gasteiger partial charge in [0.15, 0.2) is 11.5 Å². The number of benzene rings is 2. The highest BCUT2D eigenvalue weighted by atomic mass is 32.2. The highest BCUT2D eigenvalue weighted by Gasteiger charge is 2.21. The molecule has 0 bridgehead atoms. The van der Waals surface area contributed by atoms with E-state index in [1.54, 1.807) is 6.92 Å². The van der Waals surface area contributed by atoms with E-state index < -0.39 is 20.9 Å². The molecule has 0 aromatic heterocycles. The predicted molar refractivity (Wildman–Crippen MR) is 105 cm³/mol. The van der Waals surface area contributed by atoms with Crippen LogP contribution in [0.2, 0.25) is 0 Å². The molecule has 11 heteroatoms. The highest BCUT2D eigenvalue weighted by molar-refractivity contribution is 7.89. The second kappa shape index (κ2) is 8.88. The summed E-state index contributed by atoms with van der Waals surface area (Å²) in [7, 11) is -1.20. The number of carbonyl (C=O) groups is 1. The number of ether oxygens (including phenoxy) is 2. The zero-order valence-electron chi connectivity index (χ0n) is 16.1. The summed E-state index contributed by atoms with van der Waals surface area (Å²) >= 11 is 0. The van der Waals surface area contributed by atoms with Crippen molar-refractivity contribution in [1.29, 1.82) is 0 Å². The minimum atomic E-state index is -3.95. The number of nitro benzene ring substituents is 1. The molecule has 0 atom stereocenters. The van der Waals surface area contributed by atoms with Crippen LogP contribution in [0.25, 0.3) is 0 Å². The average molecular weight is 423 g/mol. The summed E-state index contributed by atoms with van der Waals surface area (Å²) in [6, 6.07) is 6.68. The molecule has 156 valence electrons. The van der Waals surface area contributed by atoms with Crippen LogP contribution >= 0.6 is 0 Å². The third-order valence-electron chi connectivity index (χ3n) is 4.25. The maximum Gasteiger partial charge on any atom is 0.276 e. The van der Waals surface area contributed by atoms with Gasteiger partial charge in [0.1, 0.15) is 0 Å². The first kappa shape index (κ1) is 22.1. The van der Waals surface area contributed by atoms with Gasteiger partial charge in [0.05, 0.1) is 30.1 Å². The molecule has 29 heavy (non-hydrogen) atoms. The molecule has 2 aromatic carbocycles. The van der Waals surface area contributed by atoms with Gasteiger partial charge in [-0.15, -0.1) is 0 Å². The molecule has 0 saturated carbocycles. The summed E-state index contributed by atoms with van der Waals surface area (Å²) in [6.45, 7) is 1.53. The SMILES string of the molecule is COc1cc(CCNS(=O)(=O)c2ccc(C)c(C(N)=O)c2)c([N+](=O)[O-])cc1OC. The lowest BCUT2D eigenvalue weighted by atomic mass is 10.1. The molecule has 0 saturated heterocycles. The molecule has 0 aliphatic heterocycles. The van der Waals surface area contributed by atoms with Crippen molar-refractivity contribution in [1.82, 2.24) is 4.72 Å². The molecule has 10 nitrogen and oxygen atoms in total. The Labute approximate surface area is 167 Å². The smallest absolute Gasteiger partial charge is 0.276 e. The summed E-state index contributed by atoms with van der Waals surface area (Å²) in [4.78, 5) is 22.1. The fourth-order valence-electron chi connectivity index (χ4n) is 2.72. The van der Waals surface area contributed by atoms with E-state index in [0.29, 0.717) is 11.3 Å². The number of primary amides is 1. The molecular formula is C18H21N3O7S. The van der Waals surface area contributed by atoms with Gasteiger partial charge in [-0.1, -0.05) is 6.07 Å². The van der Waals surface area contributed by atoms with Crippen LogP contribution in [0.1, 0.15) is 21.5 Å². The fourth-order valence-corrected chi connectivity index (χ4v) is 3.78. The van der Waals surface area contributed by atoms with Crippen molar-refractivity contribution in [2.45, 2.75) is 18.2 Å². The maximum atomic E-state index is 12.5. The largest absolute Gasteiger partial charge is 0.493 e. The predicted octanol–water partition coefficient (Wildman–Crippen LogP) is 1.54. The first-order chi connectivity index (χ1) is 13.6. The fraction of sp³-hybridized carbons (Fsp3) is 0.278. The lowest BCUT2D eigenvalue weighted by Crippen LogP contribution is -2.26. The number of nitrogens with zero attached hydrogens (tertiary/aromatic N) is 1. The Morgan fingerprint density at radius 3 is 2.34 bits per heavy atom. The van der Waals surface area contributed by atoms with Gasteiger partial charge < -0.3 is 15.2 Å². The zero-order valence-corrected chi connectivity index (χ0v) is 16.9. The normalized spacial score (nSPS) is 11.1. The van der Waals surface area contributed by atoms with Crippen molar-refractivity contribution in [3.05, 3.63) is 57.1 Å². The molecule has 0 fully saturated rings. The number of hydrogen-bond donors (Lipinski definition) is 2. The van der Waals surface area contributed by atoms with Crippen molar-refractivity contribution in [3.63, 3.8) is 0 Å². The molecule has 2 rings (SSSR count). The minimum Gasteiger partial charge on any atom is -0.493 e. The quantitative estimate of drug-likeness (QED) is 0.458. The van der Waals surface area contributed by atoms with Gasteiger partial charge in [0, 0.05) is 17.7 Å². The minimum absolute atomic E-state index is 0.0322. The number of hydrogen-bond acceptors (Lipinski definition) is 7. The number of sulfonamides is 1. The topological polar surface area (TPSA) is 151 Å². The Morgan fingerprint density at radius 1 is 1.17 bits per heavy atom. The Bertz CT molecular complexity index is 1050. The molecule has 0 aliphatic rings. The van der Waals surface area contributed by atoms with Gasteiger partial charge in [-0.3, -0.25) is 14.9 Å². The lowest BCUT2D eigenvalue weighted by Gasteiger charge is -2.12. The molecule has 0 aliphatic carbocycles. The average Bonchev–Trinajstić information content (AvgIpc) is 2.67. The lowest BCUT2D eigenvalue weighted by molar-refractivity contribution is -0.385. The van der Waals surface area contributed by atoms with Gasteiger partial charge >= 0.3 is 0 Å². The summed E-state index contributed by atoms with van der Waals surface area (Å²) < 4.78 is 37.6. The summed E-state index contributed by atoms with van der Waals surface area (Å²) in [5, 5.41) is 11.3. The van der Waals surface area contributed by atoms with Crippen molar-refractivity contribution in [3.8, 4) is 11.5 Å².